The normalized spacial score (nSPS) is 10.2. The van der Waals surface area contributed by atoms with Crippen molar-refractivity contribution in [1.82, 2.24) is 0 Å². The smallest absolute Gasteiger partial charge is 0.255 e. The van der Waals surface area contributed by atoms with Gasteiger partial charge in [0.15, 0.2) is 0 Å². The van der Waals surface area contributed by atoms with Gasteiger partial charge in [0.1, 0.15) is 0 Å². The molecule has 0 fully saturated rings. The minimum absolute atomic E-state index is 0.164. The molecule has 20 heavy (non-hydrogen) atoms. The predicted molar refractivity (Wildman–Crippen MR) is 87.3 cm³/mol. The molecule has 0 radical (unpaired) electrons. The van der Waals surface area contributed by atoms with E-state index < -0.39 is 0 Å². The number of anilines is 3. The summed E-state index contributed by atoms with van der Waals surface area (Å²) in [6.07, 6.45) is 0. The fraction of sp³-hybridized carbons (Fsp3) is 0.133. The summed E-state index contributed by atoms with van der Waals surface area (Å²) in [5, 5.41) is 2.85. The first-order chi connectivity index (χ1) is 9.47. The van der Waals surface area contributed by atoms with Crippen LogP contribution in [0.3, 0.4) is 0 Å². The molecule has 0 aliphatic rings. The van der Waals surface area contributed by atoms with Crippen molar-refractivity contribution in [3.8, 4) is 0 Å². The lowest BCUT2D eigenvalue weighted by molar-refractivity contribution is 0.102. The van der Waals surface area contributed by atoms with E-state index in [1.54, 1.807) is 18.2 Å². The Kier molecular flexibility index (Phi) is 4.29. The molecule has 0 aliphatic heterocycles. The van der Waals surface area contributed by atoms with Gasteiger partial charge in [-0.05, 0) is 58.4 Å². The number of nitrogens with one attached hydrogen (secondary N) is 1. The average molecular weight is 334 g/mol. The fourth-order valence-corrected chi connectivity index (χ4v) is 2.09. The third kappa shape index (κ3) is 3.30. The number of halogens is 1. The number of hydrogen-bond acceptors (Lipinski definition) is 3. The zero-order valence-electron chi connectivity index (χ0n) is 11.4. The van der Waals surface area contributed by atoms with Crippen molar-refractivity contribution >= 4 is 38.9 Å². The summed E-state index contributed by atoms with van der Waals surface area (Å²) in [4.78, 5) is 14.1. The molecule has 0 spiro atoms. The standard InChI is InChI=1S/C15H16BrN3O/c1-19(2)12-6-4-11(5-7-12)18-15(20)10-3-8-14(17)13(16)9-10/h3-9H,17H2,1-2H3,(H,18,20). The van der Waals surface area contributed by atoms with Crippen molar-refractivity contribution in [2.24, 2.45) is 0 Å². The zero-order valence-corrected chi connectivity index (χ0v) is 12.9. The first-order valence-corrected chi connectivity index (χ1v) is 6.90. The lowest BCUT2D eigenvalue weighted by Gasteiger charge is -2.13. The first-order valence-electron chi connectivity index (χ1n) is 6.11. The summed E-state index contributed by atoms with van der Waals surface area (Å²) in [5.41, 5.74) is 8.71. The number of benzene rings is 2. The second-order valence-corrected chi connectivity index (χ2v) is 5.49. The Morgan fingerprint density at radius 1 is 1.15 bits per heavy atom. The lowest BCUT2D eigenvalue weighted by atomic mass is 10.2. The molecule has 0 aliphatic carbocycles. The largest absolute Gasteiger partial charge is 0.398 e. The molecule has 0 bridgehead atoms. The Labute approximate surface area is 126 Å². The number of amides is 1. The molecule has 3 N–H and O–H groups in total. The molecular weight excluding hydrogens is 318 g/mol. The summed E-state index contributed by atoms with van der Waals surface area (Å²) < 4.78 is 0.716. The highest BCUT2D eigenvalue weighted by molar-refractivity contribution is 9.10. The maximum absolute atomic E-state index is 12.1. The van der Waals surface area contributed by atoms with Crippen molar-refractivity contribution in [2.45, 2.75) is 0 Å². The van der Waals surface area contributed by atoms with Crippen LogP contribution in [0.15, 0.2) is 46.9 Å². The zero-order chi connectivity index (χ0) is 14.7. The van der Waals surface area contributed by atoms with Gasteiger partial charge in [-0.15, -0.1) is 0 Å². The number of carbonyl (C=O) groups is 1. The van der Waals surface area contributed by atoms with E-state index in [0.29, 0.717) is 15.7 Å². The van der Waals surface area contributed by atoms with E-state index in [-0.39, 0.29) is 5.91 Å². The van der Waals surface area contributed by atoms with Crippen molar-refractivity contribution < 1.29 is 4.79 Å². The molecule has 0 saturated carbocycles. The van der Waals surface area contributed by atoms with Gasteiger partial charge in [-0.3, -0.25) is 4.79 Å². The number of carbonyl (C=O) groups excluding carboxylic acids is 1. The topological polar surface area (TPSA) is 58.4 Å². The fourth-order valence-electron chi connectivity index (χ4n) is 1.71. The summed E-state index contributed by atoms with van der Waals surface area (Å²) in [6.45, 7) is 0. The van der Waals surface area contributed by atoms with Gasteiger partial charge in [-0.1, -0.05) is 0 Å². The van der Waals surface area contributed by atoms with Crippen LogP contribution in [-0.2, 0) is 0 Å². The minimum Gasteiger partial charge on any atom is -0.398 e. The van der Waals surface area contributed by atoms with Crippen LogP contribution in [0.4, 0.5) is 17.1 Å². The van der Waals surface area contributed by atoms with Crippen molar-refractivity contribution in [3.63, 3.8) is 0 Å². The number of nitrogen functional groups attached to an aromatic ring is 1. The van der Waals surface area contributed by atoms with E-state index in [1.807, 2.05) is 43.3 Å². The molecule has 0 unspecified atom stereocenters. The maximum atomic E-state index is 12.1. The molecule has 4 nitrogen and oxygen atoms in total. The van der Waals surface area contributed by atoms with Crippen molar-refractivity contribution in [2.75, 3.05) is 30.0 Å². The highest BCUT2D eigenvalue weighted by atomic mass is 79.9. The Bertz CT molecular complexity index is 624. The van der Waals surface area contributed by atoms with Gasteiger partial charge in [0, 0.05) is 41.2 Å². The Morgan fingerprint density at radius 3 is 2.35 bits per heavy atom. The van der Waals surface area contributed by atoms with Gasteiger partial charge >= 0.3 is 0 Å². The average Bonchev–Trinajstić information content (AvgIpc) is 2.42. The van der Waals surface area contributed by atoms with Gasteiger partial charge in [0.25, 0.3) is 5.91 Å². The second kappa shape index (κ2) is 5.96. The van der Waals surface area contributed by atoms with E-state index >= 15 is 0 Å². The van der Waals surface area contributed by atoms with Crippen LogP contribution < -0.4 is 16.0 Å². The van der Waals surface area contributed by atoms with Gasteiger partial charge in [-0.2, -0.15) is 0 Å². The molecular formula is C15H16BrN3O. The van der Waals surface area contributed by atoms with Crippen LogP contribution in [0.1, 0.15) is 10.4 Å². The SMILES string of the molecule is CN(C)c1ccc(NC(=O)c2ccc(N)c(Br)c2)cc1. The molecule has 5 heteroatoms. The van der Waals surface area contributed by atoms with Gasteiger partial charge < -0.3 is 16.0 Å². The van der Waals surface area contributed by atoms with Crippen LogP contribution in [0.5, 0.6) is 0 Å². The number of rotatable bonds is 3. The minimum atomic E-state index is -0.164. The molecule has 0 heterocycles. The summed E-state index contributed by atoms with van der Waals surface area (Å²) in [7, 11) is 3.94. The van der Waals surface area contributed by atoms with E-state index in [2.05, 4.69) is 21.2 Å². The first kappa shape index (κ1) is 14.4. The van der Waals surface area contributed by atoms with E-state index in [0.717, 1.165) is 11.4 Å². The third-order valence-corrected chi connectivity index (χ3v) is 3.59. The molecule has 0 atom stereocenters. The van der Waals surface area contributed by atoms with Crippen LogP contribution in [0.25, 0.3) is 0 Å². The van der Waals surface area contributed by atoms with Crippen molar-refractivity contribution in [1.29, 1.82) is 0 Å². The molecule has 104 valence electrons. The second-order valence-electron chi connectivity index (χ2n) is 4.63. The summed E-state index contributed by atoms with van der Waals surface area (Å²) >= 11 is 3.31. The summed E-state index contributed by atoms with van der Waals surface area (Å²) in [5.74, 6) is -0.164. The Morgan fingerprint density at radius 2 is 1.80 bits per heavy atom. The molecule has 1 amide bonds. The number of nitrogens with zero attached hydrogens (tertiary/aromatic N) is 1. The van der Waals surface area contributed by atoms with E-state index in [1.165, 1.54) is 0 Å². The summed E-state index contributed by atoms with van der Waals surface area (Å²) in [6, 6.07) is 12.8. The van der Waals surface area contributed by atoms with E-state index in [9.17, 15) is 4.79 Å². The van der Waals surface area contributed by atoms with Crippen LogP contribution in [0, 0.1) is 0 Å². The Balaban J connectivity index is 2.12. The van der Waals surface area contributed by atoms with Gasteiger partial charge in [0.05, 0.1) is 0 Å². The van der Waals surface area contributed by atoms with Crippen molar-refractivity contribution in [3.05, 3.63) is 52.5 Å². The number of hydrogen-bond donors (Lipinski definition) is 2. The van der Waals surface area contributed by atoms with Crippen LogP contribution >= 0.6 is 15.9 Å². The Hall–Kier alpha value is -2.01. The highest BCUT2D eigenvalue weighted by Gasteiger charge is 2.08. The van der Waals surface area contributed by atoms with E-state index in [4.69, 9.17) is 5.73 Å². The highest BCUT2D eigenvalue weighted by Crippen LogP contribution is 2.21. The lowest BCUT2D eigenvalue weighted by Crippen LogP contribution is -2.12. The monoisotopic (exact) mass is 333 g/mol. The predicted octanol–water partition coefficient (Wildman–Crippen LogP) is 3.35. The maximum Gasteiger partial charge on any atom is 0.255 e. The third-order valence-electron chi connectivity index (χ3n) is 2.90. The number of nitrogens with two attached hydrogens (primary N) is 1. The molecule has 2 rings (SSSR count). The quantitative estimate of drug-likeness (QED) is 0.847. The van der Waals surface area contributed by atoms with Gasteiger partial charge in [0.2, 0.25) is 0 Å². The molecule has 2 aromatic carbocycles. The molecule has 2 aromatic rings. The molecule has 0 saturated heterocycles. The van der Waals surface area contributed by atoms with Gasteiger partial charge in [-0.25, -0.2) is 0 Å². The van der Waals surface area contributed by atoms with Crippen LogP contribution in [0.2, 0.25) is 0 Å². The van der Waals surface area contributed by atoms with Crippen LogP contribution in [-0.4, -0.2) is 20.0 Å². The molecule has 0 aromatic heterocycles.